The molecule has 1 fully saturated rings. The van der Waals surface area contributed by atoms with Gasteiger partial charge in [-0.05, 0) is 29.4 Å². The van der Waals surface area contributed by atoms with Crippen molar-refractivity contribution < 1.29 is 33.4 Å². The van der Waals surface area contributed by atoms with Crippen LogP contribution in [0.1, 0.15) is 58.6 Å². The van der Waals surface area contributed by atoms with Gasteiger partial charge in [0.1, 0.15) is 31.0 Å². The van der Waals surface area contributed by atoms with Crippen molar-refractivity contribution >= 4 is 30.1 Å². The predicted octanol–water partition coefficient (Wildman–Crippen LogP) is 3.36. The average molecular weight is 623 g/mol. The molecule has 4 amide bonds. The van der Waals surface area contributed by atoms with Gasteiger partial charge in [0.15, 0.2) is 0 Å². The number of ether oxygens (including phenoxy) is 2. The molecule has 0 aromatic heterocycles. The lowest BCUT2D eigenvalue weighted by molar-refractivity contribution is -0.143. The van der Waals surface area contributed by atoms with Gasteiger partial charge >= 0.3 is 6.09 Å². The van der Waals surface area contributed by atoms with Gasteiger partial charge in [0.2, 0.25) is 17.7 Å². The Hall–Kier alpha value is -4.25. The van der Waals surface area contributed by atoms with Crippen LogP contribution in [0.2, 0.25) is 0 Å². The highest BCUT2D eigenvalue weighted by Gasteiger charge is 2.44. The van der Waals surface area contributed by atoms with Gasteiger partial charge in [-0.2, -0.15) is 0 Å². The molecule has 3 rings (SSSR count). The van der Waals surface area contributed by atoms with Crippen molar-refractivity contribution in [1.82, 2.24) is 20.9 Å². The summed E-state index contributed by atoms with van der Waals surface area (Å²) in [7, 11) is 0. The lowest BCUT2D eigenvalue weighted by Gasteiger charge is -2.32. The SMILES string of the molecule is CC[C@@H](C=O)NC(=O)[C@@H]1C[C@@H](OCc2ccccc2)CN1C(=O)[C@@H](NC(=O)[C@@H](NC(=O)OCc1ccccc1)C(C)C)C(C)C. The molecule has 0 unspecified atom stereocenters. The maximum atomic E-state index is 14.1. The summed E-state index contributed by atoms with van der Waals surface area (Å²) in [5, 5.41) is 8.16. The van der Waals surface area contributed by atoms with E-state index in [9.17, 15) is 24.0 Å². The van der Waals surface area contributed by atoms with Crippen molar-refractivity contribution in [3.8, 4) is 0 Å². The Kier molecular flexibility index (Phi) is 13.5. The zero-order chi connectivity index (χ0) is 32.9. The molecular weight excluding hydrogens is 576 g/mol. The van der Waals surface area contributed by atoms with E-state index >= 15 is 0 Å². The number of aldehydes is 1. The van der Waals surface area contributed by atoms with Crippen LogP contribution in [0.3, 0.4) is 0 Å². The highest BCUT2D eigenvalue weighted by Crippen LogP contribution is 2.24. The van der Waals surface area contributed by atoms with Crippen LogP contribution in [-0.4, -0.2) is 71.8 Å². The summed E-state index contributed by atoms with van der Waals surface area (Å²) in [4.78, 5) is 66.3. The summed E-state index contributed by atoms with van der Waals surface area (Å²) in [5.74, 6) is -2.10. The van der Waals surface area contributed by atoms with Crippen LogP contribution in [0.5, 0.6) is 0 Å². The standard InChI is InChI=1S/C34H46N4O7/c1-6-26(19-39)35-31(40)28-17-27(44-20-24-13-9-7-10-14-24)18-38(28)33(42)30(23(4)5)36-32(41)29(22(2)3)37-34(43)45-21-25-15-11-8-12-16-25/h7-16,19,22-23,26-30H,6,17-18,20-21H2,1-5H3,(H,35,40)(H,36,41)(H,37,43)/t26-,27+,28-,29-,30-/m0/s1. The molecule has 0 bridgehead atoms. The number of nitrogens with one attached hydrogen (secondary N) is 3. The number of amides is 4. The normalized spacial score (nSPS) is 18.2. The first kappa shape index (κ1) is 35.2. The average Bonchev–Trinajstić information content (AvgIpc) is 3.47. The molecule has 2 aromatic carbocycles. The minimum Gasteiger partial charge on any atom is -0.445 e. The van der Waals surface area contributed by atoms with Gasteiger partial charge in [0, 0.05) is 13.0 Å². The van der Waals surface area contributed by atoms with Crippen molar-refractivity contribution in [3.05, 3.63) is 71.8 Å². The van der Waals surface area contributed by atoms with Crippen LogP contribution in [0, 0.1) is 11.8 Å². The first-order valence-electron chi connectivity index (χ1n) is 15.5. The first-order chi connectivity index (χ1) is 21.5. The Morgan fingerprint density at radius 2 is 1.42 bits per heavy atom. The van der Waals surface area contributed by atoms with E-state index in [4.69, 9.17) is 9.47 Å². The van der Waals surface area contributed by atoms with E-state index in [1.807, 2.05) is 60.7 Å². The number of carbonyl (C=O) groups excluding carboxylic acids is 5. The fourth-order valence-electron chi connectivity index (χ4n) is 5.07. The molecule has 1 aliphatic heterocycles. The number of rotatable bonds is 15. The Labute approximate surface area is 265 Å². The maximum absolute atomic E-state index is 14.1. The molecule has 3 N–H and O–H groups in total. The number of alkyl carbamates (subject to hydrolysis) is 1. The largest absolute Gasteiger partial charge is 0.445 e. The summed E-state index contributed by atoms with van der Waals surface area (Å²) in [6.07, 6.45) is 0.127. The molecule has 0 spiro atoms. The molecule has 5 atom stereocenters. The second-order valence-electron chi connectivity index (χ2n) is 12.0. The molecule has 2 aromatic rings. The molecular formula is C34H46N4O7. The summed E-state index contributed by atoms with van der Waals surface area (Å²) < 4.78 is 11.4. The van der Waals surface area contributed by atoms with Gasteiger partial charge in [-0.1, -0.05) is 95.3 Å². The third kappa shape index (κ3) is 10.4. The van der Waals surface area contributed by atoms with E-state index in [1.165, 1.54) is 4.90 Å². The fraction of sp³-hybridized carbons (Fsp3) is 0.500. The van der Waals surface area contributed by atoms with Crippen molar-refractivity contribution in [2.75, 3.05) is 6.54 Å². The Morgan fingerprint density at radius 1 is 0.844 bits per heavy atom. The van der Waals surface area contributed by atoms with Crippen LogP contribution < -0.4 is 16.0 Å². The third-order valence-electron chi connectivity index (χ3n) is 7.77. The van der Waals surface area contributed by atoms with E-state index in [1.54, 1.807) is 34.6 Å². The van der Waals surface area contributed by atoms with Crippen molar-refractivity contribution in [1.29, 1.82) is 0 Å². The van der Waals surface area contributed by atoms with Crippen molar-refractivity contribution in [2.45, 2.75) is 90.9 Å². The maximum Gasteiger partial charge on any atom is 0.408 e. The molecule has 0 aliphatic carbocycles. The second-order valence-corrected chi connectivity index (χ2v) is 12.0. The minimum absolute atomic E-state index is 0.0428. The van der Waals surface area contributed by atoms with Gasteiger partial charge in [0.05, 0.1) is 18.8 Å². The second kappa shape index (κ2) is 17.3. The predicted molar refractivity (Wildman–Crippen MR) is 169 cm³/mol. The zero-order valence-electron chi connectivity index (χ0n) is 26.7. The van der Waals surface area contributed by atoms with E-state index in [2.05, 4.69) is 16.0 Å². The lowest BCUT2D eigenvalue weighted by Crippen LogP contribution is -2.59. The summed E-state index contributed by atoms with van der Waals surface area (Å²) in [6, 6.07) is 15.2. The van der Waals surface area contributed by atoms with Gasteiger partial charge in [0.25, 0.3) is 0 Å². The Bertz CT molecular complexity index is 1270. The molecule has 0 radical (unpaired) electrons. The van der Waals surface area contributed by atoms with E-state index in [0.29, 0.717) is 19.3 Å². The molecule has 1 saturated heterocycles. The number of benzene rings is 2. The lowest BCUT2D eigenvalue weighted by atomic mass is 9.99. The number of hydrogen-bond acceptors (Lipinski definition) is 7. The quantitative estimate of drug-likeness (QED) is 0.259. The molecule has 244 valence electrons. The number of hydrogen-bond donors (Lipinski definition) is 3. The smallest absolute Gasteiger partial charge is 0.408 e. The van der Waals surface area contributed by atoms with Crippen LogP contribution in [0.15, 0.2) is 60.7 Å². The van der Waals surface area contributed by atoms with Crippen molar-refractivity contribution in [2.24, 2.45) is 11.8 Å². The van der Waals surface area contributed by atoms with Crippen LogP contribution in [0.4, 0.5) is 4.79 Å². The number of carbonyl (C=O) groups is 5. The highest BCUT2D eigenvalue weighted by atomic mass is 16.5. The van der Waals surface area contributed by atoms with Crippen LogP contribution in [-0.2, 0) is 41.9 Å². The van der Waals surface area contributed by atoms with E-state index in [-0.39, 0.29) is 31.4 Å². The third-order valence-corrected chi connectivity index (χ3v) is 7.77. The first-order valence-corrected chi connectivity index (χ1v) is 15.5. The molecule has 11 heteroatoms. The molecule has 45 heavy (non-hydrogen) atoms. The van der Waals surface area contributed by atoms with E-state index in [0.717, 1.165) is 11.1 Å². The molecule has 11 nitrogen and oxygen atoms in total. The molecule has 1 heterocycles. The summed E-state index contributed by atoms with van der Waals surface area (Å²) in [6.45, 7) is 9.41. The molecule has 1 aliphatic rings. The van der Waals surface area contributed by atoms with Gasteiger partial charge in [-0.25, -0.2) is 4.79 Å². The fourth-order valence-corrected chi connectivity index (χ4v) is 5.07. The van der Waals surface area contributed by atoms with Crippen LogP contribution in [0.25, 0.3) is 0 Å². The van der Waals surface area contributed by atoms with Crippen LogP contribution >= 0.6 is 0 Å². The monoisotopic (exact) mass is 622 g/mol. The topological polar surface area (TPSA) is 143 Å². The van der Waals surface area contributed by atoms with E-state index < -0.39 is 54.1 Å². The van der Waals surface area contributed by atoms with Gasteiger partial charge < -0.3 is 35.1 Å². The Balaban J connectivity index is 1.73. The molecule has 0 saturated carbocycles. The minimum atomic E-state index is -0.989. The zero-order valence-corrected chi connectivity index (χ0v) is 26.7. The van der Waals surface area contributed by atoms with Crippen molar-refractivity contribution in [3.63, 3.8) is 0 Å². The summed E-state index contributed by atoms with van der Waals surface area (Å²) >= 11 is 0. The van der Waals surface area contributed by atoms with Gasteiger partial charge in [-0.3, -0.25) is 14.4 Å². The highest BCUT2D eigenvalue weighted by molar-refractivity contribution is 5.95. The Morgan fingerprint density at radius 3 is 1.96 bits per heavy atom. The number of likely N-dealkylation sites (tertiary alicyclic amines) is 1. The summed E-state index contributed by atoms with van der Waals surface area (Å²) in [5.41, 5.74) is 1.76. The van der Waals surface area contributed by atoms with Gasteiger partial charge in [-0.15, -0.1) is 0 Å². The number of nitrogens with zero attached hydrogens (tertiary/aromatic N) is 1.